The Labute approximate surface area is 153 Å². The lowest BCUT2D eigenvalue weighted by Gasteiger charge is -2.33. The van der Waals surface area contributed by atoms with Crippen LogP contribution in [0.1, 0.15) is 23.4 Å². The first-order valence-electron chi connectivity index (χ1n) is 8.91. The molecule has 2 heterocycles. The van der Waals surface area contributed by atoms with E-state index in [0.717, 1.165) is 18.6 Å². The van der Waals surface area contributed by atoms with Gasteiger partial charge in [-0.3, -0.25) is 9.59 Å². The molecule has 1 aromatic heterocycles. The van der Waals surface area contributed by atoms with Crippen LogP contribution in [0.25, 0.3) is 0 Å². The Kier molecular flexibility index (Phi) is 5.94. The van der Waals surface area contributed by atoms with Crippen LogP contribution in [0.4, 0.5) is 0 Å². The van der Waals surface area contributed by atoms with Crippen LogP contribution in [0, 0.1) is 5.92 Å². The molecule has 1 unspecified atom stereocenters. The number of para-hydroxylation sites is 1. The van der Waals surface area contributed by atoms with E-state index in [2.05, 4.69) is 0 Å². The monoisotopic (exact) mass is 356 g/mol. The van der Waals surface area contributed by atoms with Gasteiger partial charge < -0.3 is 19.0 Å². The number of hydrogen-bond donors (Lipinski definition) is 0. The third kappa shape index (κ3) is 4.45. The lowest BCUT2D eigenvalue weighted by atomic mass is 9.96. The van der Waals surface area contributed by atoms with Gasteiger partial charge in [-0.25, -0.2) is 0 Å². The van der Waals surface area contributed by atoms with Crippen molar-refractivity contribution in [3.63, 3.8) is 0 Å². The standard InChI is InChI=1S/C20H24N2O4/c1-21(12-14-25-17-8-3-2-4-9-17)19(23)16-7-5-11-22(15-16)20(24)18-10-6-13-26-18/h2-4,6,8-10,13,16H,5,7,11-12,14-15H2,1H3. The summed E-state index contributed by atoms with van der Waals surface area (Å²) in [7, 11) is 1.78. The Bertz CT molecular complexity index is 715. The smallest absolute Gasteiger partial charge is 0.289 e. The summed E-state index contributed by atoms with van der Waals surface area (Å²) in [4.78, 5) is 28.5. The zero-order chi connectivity index (χ0) is 18.4. The Morgan fingerprint density at radius 2 is 2.04 bits per heavy atom. The van der Waals surface area contributed by atoms with E-state index in [-0.39, 0.29) is 17.7 Å². The molecule has 26 heavy (non-hydrogen) atoms. The van der Waals surface area contributed by atoms with E-state index in [1.54, 1.807) is 29.0 Å². The first-order valence-corrected chi connectivity index (χ1v) is 8.91. The molecule has 6 nitrogen and oxygen atoms in total. The topological polar surface area (TPSA) is 63.0 Å². The number of benzene rings is 1. The van der Waals surface area contributed by atoms with Crippen LogP contribution in [-0.4, -0.2) is 54.9 Å². The summed E-state index contributed by atoms with van der Waals surface area (Å²) in [5.41, 5.74) is 0. The van der Waals surface area contributed by atoms with Crippen LogP contribution in [0.3, 0.4) is 0 Å². The van der Waals surface area contributed by atoms with Gasteiger partial charge in [-0.15, -0.1) is 0 Å². The minimum atomic E-state index is -0.176. The van der Waals surface area contributed by atoms with E-state index in [9.17, 15) is 9.59 Å². The van der Waals surface area contributed by atoms with Crippen LogP contribution >= 0.6 is 0 Å². The number of likely N-dealkylation sites (tertiary alicyclic amines) is 1. The normalized spacial score (nSPS) is 17.0. The first-order chi connectivity index (χ1) is 12.6. The summed E-state index contributed by atoms with van der Waals surface area (Å²) >= 11 is 0. The van der Waals surface area contributed by atoms with Gasteiger partial charge in [-0.2, -0.15) is 0 Å². The van der Waals surface area contributed by atoms with Crippen molar-refractivity contribution >= 4 is 11.8 Å². The zero-order valence-corrected chi connectivity index (χ0v) is 15.0. The van der Waals surface area contributed by atoms with Crippen LogP contribution in [0.5, 0.6) is 5.75 Å². The molecule has 3 rings (SSSR count). The van der Waals surface area contributed by atoms with Crippen LogP contribution < -0.4 is 4.74 Å². The second-order valence-electron chi connectivity index (χ2n) is 6.49. The largest absolute Gasteiger partial charge is 0.492 e. The minimum Gasteiger partial charge on any atom is -0.492 e. The van der Waals surface area contributed by atoms with E-state index >= 15 is 0 Å². The van der Waals surface area contributed by atoms with E-state index < -0.39 is 0 Å². The van der Waals surface area contributed by atoms with Crippen molar-refractivity contribution in [2.24, 2.45) is 5.92 Å². The lowest BCUT2D eigenvalue weighted by molar-refractivity contribution is -0.135. The fourth-order valence-corrected chi connectivity index (χ4v) is 3.16. The molecule has 0 spiro atoms. The Hall–Kier alpha value is -2.76. The molecule has 2 aromatic rings. The van der Waals surface area contributed by atoms with Gasteiger partial charge in [0.05, 0.1) is 18.7 Å². The highest BCUT2D eigenvalue weighted by atomic mass is 16.5. The molecule has 1 saturated heterocycles. The third-order valence-corrected chi connectivity index (χ3v) is 4.60. The number of carbonyl (C=O) groups excluding carboxylic acids is 2. The molecule has 0 bridgehead atoms. The van der Waals surface area contributed by atoms with E-state index in [1.165, 1.54) is 6.26 Å². The van der Waals surface area contributed by atoms with Crippen LogP contribution in [0.2, 0.25) is 0 Å². The lowest BCUT2D eigenvalue weighted by Crippen LogP contribution is -2.46. The number of hydrogen-bond acceptors (Lipinski definition) is 4. The fourth-order valence-electron chi connectivity index (χ4n) is 3.16. The molecule has 0 saturated carbocycles. The molecular weight excluding hydrogens is 332 g/mol. The van der Waals surface area contributed by atoms with Crippen molar-refractivity contribution in [1.29, 1.82) is 0 Å². The number of ether oxygens (including phenoxy) is 1. The number of amides is 2. The molecule has 0 N–H and O–H groups in total. The second-order valence-corrected chi connectivity index (χ2v) is 6.49. The maximum atomic E-state index is 12.7. The maximum absolute atomic E-state index is 12.7. The van der Waals surface area contributed by atoms with Crippen LogP contribution in [-0.2, 0) is 4.79 Å². The average Bonchev–Trinajstić information content (AvgIpc) is 3.22. The first kappa shape index (κ1) is 18.0. The van der Waals surface area contributed by atoms with Gasteiger partial charge >= 0.3 is 0 Å². The van der Waals surface area contributed by atoms with Crippen molar-refractivity contribution in [1.82, 2.24) is 9.80 Å². The number of piperidine rings is 1. The van der Waals surface area contributed by atoms with Crippen molar-refractivity contribution in [3.8, 4) is 5.75 Å². The molecule has 2 amide bonds. The molecule has 1 aliphatic rings. The number of furan rings is 1. The Balaban J connectivity index is 1.49. The van der Waals surface area contributed by atoms with Crippen LogP contribution in [0.15, 0.2) is 53.1 Å². The van der Waals surface area contributed by atoms with E-state index in [1.807, 2.05) is 30.3 Å². The SMILES string of the molecule is CN(CCOc1ccccc1)C(=O)C1CCCN(C(=O)c2ccco2)C1. The van der Waals surface area contributed by atoms with E-state index in [0.29, 0.717) is 32.0 Å². The zero-order valence-electron chi connectivity index (χ0n) is 15.0. The molecule has 0 aliphatic carbocycles. The average molecular weight is 356 g/mol. The summed E-state index contributed by atoms with van der Waals surface area (Å²) in [5.74, 6) is 0.842. The van der Waals surface area contributed by atoms with Crippen molar-refractivity contribution in [2.45, 2.75) is 12.8 Å². The third-order valence-electron chi connectivity index (χ3n) is 4.60. The highest BCUT2D eigenvalue weighted by molar-refractivity contribution is 5.92. The fraction of sp³-hybridized carbons (Fsp3) is 0.400. The highest BCUT2D eigenvalue weighted by Gasteiger charge is 2.31. The molecule has 1 aliphatic heterocycles. The summed E-state index contributed by atoms with van der Waals surface area (Å²) in [6, 6.07) is 12.9. The second kappa shape index (κ2) is 8.56. The summed E-state index contributed by atoms with van der Waals surface area (Å²) < 4.78 is 10.8. The van der Waals surface area contributed by atoms with Gasteiger partial charge in [0.1, 0.15) is 12.4 Å². The predicted octanol–water partition coefficient (Wildman–Crippen LogP) is 2.67. The van der Waals surface area contributed by atoms with Crippen molar-refractivity contribution in [2.75, 3.05) is 33.3 Å². The number of likely N-dealkylation sites (N-methyl/N-ethyl adjacent to an activating group) is 1. The highest BCUT2D eigenvalue weighted by Crippen LogP contribution is 2.20. The van der Waals surface area contributed by atoms with Gasteiger partial charge in [0.15, 0.2) is 5.76 Å². The molecule has 6 heteroatoms. The maximum Gasteiger partial charge on any atom is 0.289 e. The predicted molar refractivity (Wildman–Crippen MR) is 96.9 cm³/mol. The molecule has 1 fully saturated rings. The van der Waals surface area contributed by atoms with Gasteiger partial charge in [0, 0.05) is 20.1 Å². The number of nitrogens with zero attached hydrogens (tertiary/aromatic N) is 2. The molecule has 1 atom stereocenters. The molecule has 0 radical (unpaired) electrons. The summed E-state index contributed by atoms with van der Waals surface area (Å²) in [6.07, 6.45) is 3.10. The van der Waals surface area contributed by atoms with Crippen molar-refractivity contribution < 1.29 is 18.7 Å². The Morgan fingerprint density at radius 3 is 2.77 bits per heavy atom. The molecular formula is C20H24N2O4. The minimum absolute atomic E-state index is 0.0543. The Morgan fingerprint density at radius 1 is 1.23 bits per heavy atom. The van der Waals surface area contributed by atoms with Gasteiger partial charge in [-0.05, 0) is 37.1 Å². The summed E-state index contributed by atoms with van der Waals surface area (Å²) in [5, 5.41) is 0. The molecule has 1 aromatic carbocycles. The summed E-state index contributed by atoms with van der Waals surface area (Å²) in [6.45, 7) is 2.04. The van der Waals surface area contributed by atoms with Gasteiger partial charge in [0.25, 0.3) is 5.91 Å². The number of carbonyl (C=O) groups is 2. The van der Waals surface area contributed by atoms with Gasteiger partial charge in [0.2, 0.25) is 5.91 Å². The van der Waals surface area contributed by atoms with E-state index in [4.69, 9.17) is 9.15 Å². The number of rotatable bonds is 6. The van der Waals surface area contributed by atoms with Gasteiger partial charge in [-0.1, -0.05) is 18.2 Å². The molecule has 138 valence electrons. The quantitative estimate of drug-likeness (QED) is 0.798. The van der Waals surface area contributed by atoms with Crippen molar-refractivity contribution in [3.05, 3.63) is 54.5 Å².